The fourth-order valence-electron chi connectivity index (χ4n) is 1.57. The summed E-state index contributed by atoms with van der Waals surface area (Å²) in [6.45, 7) is 3.66. The van der Waals surface area contributed by atoms with Crippen molar-refractivity contribution < 1.29 is 4.79 Å². The summed E-state index contributed by atoms with van der Waals surface area (Å²) in [5.74, 6) is -0.181. The summed E-state index contributed by atoms with van der Waals surface area (Å²) in [6.07, 6.45) is 1.67. The van der Waals surface area contributed by atoms with Gasteiger partial charge in [0.2, 0.25) is 5.91 Å². The quantitative estimate of drug-likeness (QED) is 0.513. The zero-order valence-electron chi connectivity index (χ0n) is 11.6. The van der Waals surface area contributed by atoms with Gasteiger partial charge in [0.25, 0.3) is 0 Å². The van der Waals surface area contributed by atoms with E-state index in [0.717, 1.165) is 5.69 Å². The molecule has 1 aromatic carbocycles. The highest BCUT2D eigenvalue weighted by atomic mass is 35.5. The summed E-state index contributed by atoms with van der Waals surface area (Å²) in [5, 5.41) is 3.49. The number of thioether (sulfide) groups is 1. The minimum absolute atomic E-state index is 0.181. The van der Waals surface area contributed by atoms with Gasteiger partial charge in [-0.1, -0.05) is 23.4 Å². The lowest BCUT2D eigenvalue weighted by molar-refractivity contribution is -0.115. The highest BCUT2D eigenvalue weighted by Gasteiger charge is 2.17. The predicted octanol–water partition coefficient (Wildman–Crippen LogP) is 3.14. The molecule has 1 unspecified atom stereocenters. The number of carbonyl (C=O) groups is 1. The Morgan fingerprint density at radius 1 is 1.43 bits per heavy atom. The molecular weight excluding hydrogens is 308 g/mol. The Kier molecular flexibility index (Phi) is 5.03. The normalized spacial score (nSPS) is 12.0. The lowest BCUT2D eigenvalue weighted by Gasteiger charge is -2.13. The third-order valence-electron chi connectivity index (χ3n) is 2.70. The minimum Gasteiger partial charge on any atom is -0.397 e. The molecule has 0 fully saturated rings. The number of aryl methyl sites for hydroxylation is 1. The van der Waals surface area contributed by atoms with E-state index in [2.05, 4.69) is 15.3 Å². The first-order valence-electron chi connectivity index (χ1n) is 6.28. The molecule has 1 amide bonds. The molecule has 1 atom stereocenters. The number of aromatic nitrogens is 2. The van der Waals surface area contributed by atoms with Crippen LogP contribution in [0.5, 0.6) is 0 Å². The molecule has 0 saturated heterocycles. The summed E-state index contributed by atoms with van der Waals surface area (Å²) in [6, 6.07) is 6.75. The molecule has 2 aromatic rings. The van der Waals surface area contributed by atoms with Crippen LogP contribution in [0.2, 0.25) is 5.02 Å². The number of carbonyl (C=O) groups excluding carboxylic acids is 1. The van der Waals surface area contributed by atoms with Crippen molar-refractivity contribution in [2.24, 2.45) is 0 Å². The van der Waals surface area contributed by atoms with Gasteiger partial charge in [0.05, 0.1) is 16.6 Å². The molecule has 110 valence electrons. The monoisotopic (exact) mass is 322 g/mol. The van der Waals surface area contributed by atoms with E-state index in [9.17, 15) is 4.79 Å². The number of hydrogen-bond donors (Lipinski definition) is 2. The van der Waals surface area contributed by atoms with E-state index in [4.69, 9.17) is 17.3 Å². The molecule has 0 bridgehead atoms. The van der Waals surface area contributed by atoms with Crippen molar-refractivity contribution in [3.8, 4) is 0 Å². The molecule has 0 aliphatic heterocycles. The summed E-state index contributed by atoms with van der Waals surface area (Å²) < 4.78 is 0. The fourth-order valence-corrected chi connectivity index (χ4v) is 2.54. The van der Waals surface area contributed by atoms with Crippen molar-refractivity contribution in [3.63, 3.8) is 0 Å². The number of benzene rings is 1. The van der Waals surface area contributed by atoms with Crippen LogP contribution in [-0.2, 0) is 4.79 Å². The van der Waals surface area contributed by atoms with Gasteiger partial charge in [0.1, 0.15) is 0 Å². The molecule has 21 heavy (non-hydrogen) atoms. The Hall–Kier alpha value is -1.79. The van der Waals surface area contributed by atoms with Crippen molar-refractivity contribution in [1.82, 2.24) is 9.97 Å². The van der Waals surface area contributed by atoms with Gasteiger partial charge in [-0.05, 0) is 38.1 Å². The maximum Gasteiger partial charge on any atom is 0.237 e. The Bertz CT molecular complexity index is 665. The molecule has 3 N–H and O–H groups in total. The molecule has 0 saturated carbocycles. The maximum absolute atomic E-state index is 12.2. The number of anilines is 2. The molecule has 0 radical (unpaired) electrons. The second-order valence-corrected chi connectivity index (χ2v) is 6.21. The van der Waals surface area contributed by atoms with Crippen LogP contribution in [0.15, 0.2) is 35.6 Å². The van der Waals surface area contributed by atoms with Crippen LogP contribution in [0.4, 0.5) is 11.4 Å². The fraction of sp³-hybridized carbons (Fsp3) is 0.214. The number of hydrogen-bond acceptors (Lipinski definition) is 5. The molecule has 0 spiro atoms. The summed E-state index contributed by atoms with van der Waals surface area (Å²) in [5.41, 5.74) is 7.64. The standard InChI is InChI=1S/C14H15ClN4OS/c1-8-5-6-17-14(18-8)21-9(2)13(20)19-12-7-10(15)3-4-11(12)16/h3-7,9H,16H2,1-2H3,(H,19,20). The first kappa shape index (κ1) is 15.6. The molecule has 0 aliphatic rings. The highest BCUT2D eigenvalue weighted by molar-refractivity contribution is 8.00. The number of rotatable bonds is 4. The zero-order chi connectivity index (χ0) is 15.4. The molecule has 2 rings (SSSR count). The largest absolute Gasteiger partial charge is 0.397 e. The second-order valence-electron chi connectivity index (χ2n) is 4.46. The molecule has 5 nitrogen and oxygen atoms in total. The van der Waals surface area contributed by atoms with Crippen LogP contribution in [0, 0.1) is 6.92 Å². The van der Waals surface area contributed by atoms with Crippen molar-refractivity contribution in [2.75, 3.05) is 11.1 Å². The van der Waals surface area contributed by atoms with Gasteiger partial charge in [-0.25, -0.2) is 9.97 Å². The number of nitrogen functional groups attached to an aromatic ring is 1. The van der Waals surface area contributed by atoms with Gasteiger partial charge in [0, 0.05) is 16.9 Å². The second kappa shape index (κ2) is 6.78. The zero-order valence-corrected chi connectivity index (χ0v) is 13.2. The summed E-state index contributed by atoms with van der Waals surface area (Å²) in [4.78, 5) is 20.6. The van der Waals surface area contributed by atoms with E-state index in [-0.39, 0.29) is 11.2 Å². The van der Waals surface area contributed by atoms with Crippen LogP contribution in [0.1, 0.15) is 12.6 Å². The van der Waals surface area contributed by atoms with Crippen molar-refractivity contribution in [1.29, 1.82) is 0 Å². The average molecular weight is 323 g/mol. The van der Waals surface area contributed by atoms with Gasteiger partial charge in [-0.2, -0.15) is 0 Å². The maximum atomic E-state index is 12.2. The van der Waals surface area contributed by atoms with Crippen molar-refractivity contribution in [2.45, 2.75) is 24.3 Å². The predicted molar refractivity (Wildman–Crippen MR) is 86.6 cm³/mol. The lowest BCUT2D eigenvalue weighted by Crippen LogP contribution is -2.23. The molecule has 1 heterocycles. The van der Waals surface area contributed by atoms with Crippen molar-refractivity contribution in [3.05, 3.63) is 41.2 Å². The Balaban J connectivity index is 2.04. The minimum atomic E-state index is -0.356. The molecule has 0 aliphatic carbocycles. The highest BCUT2D eigenvalue weighted by Crippen LogP contribution is 2.25. The van der Waals surface area contributed by atoms with Crippen molar-refractivity contribution >= 4 is 40.6 Å². The molecular formula is C14H15ClN4OS. The van der Waals surface area contributed by atoms with E-state index in [1.165, 1.54) is 11.8 Å². The topological polar surface area (TPSA) is 80.9 Å². The van der Waals surface area contributed by atoms with E-state index in [1.807, 2.05) is 13.0 Å². The van der Waals surface area contributed by atoms with Crippen LogP contribution < -0.4 is 11.1 Å². The van der Waals surface area contributed by atoms with Crippen LogP contribution in [0.25, 0.3) is 0 Å². The van der Waals surface area contributed by atoms with Crippen LogP contribution in [0.3, 0.4) is 0 Å². The lowest BCUT2D eigenvalue weighted by atomic mass is 10.2. The number of nitrogens with two attached hydrogens (primary N) is 1. The SMILES string of the molecule is Cc1ccnc(SC(C)C(=O)Nc2cc(Cl)ccc2N)n1. The Labute approximate surface area is 132 Å². The Morgan fingerprint density at radius 3 is 2.90 bits per heavy atom. The molecule has 1 aromatic heterocycles. The number of amides is 1. The van der Waals surface area contributed by atoms with Gasteiger partial charge >= 0.3 is 0 Å². The van der Waals surface area contributed by atoms with Gasteiger partial charge < -0.3 is 11.1 Å². The van der Waals surface area contributed by atoms with E-state index >= 15 is 0 Å². The number of nitrogens with one attached hydrogen (secondary N) is 1. The van der Waals surface area contributed by atoms with E-state index in [1.54, 1.807) is 31.3 Å². The summed E-state index contributed by atoms with van der Waals surface area (Å²) in [7, 11) is 0. The average Bonchev–Trinajstić information content (AvgIpc) is 2.43. The first-order chi connectivity index (χ1) is 9.95. The van der Waals surface area contributed by atoms with Crippen LogP contribution in [-0.4, -0.2) is 21.1 Å². The smallest absolute Gasteiger partial charge is 0.237 e. The third kappa shape index (κ3) is 4.34. The van der Waals surface area contributed by atoms with E-state index < -0.39 is 0 Å². The third-order valence-corrected chi connectivity index (χ3v) is 3.91. The Morgan fingerprint density at radius 2 is 2.19 bits per heavy atom. The van der Waals surface area contributed by atoms with Crippen LogP contribution >= 0.6 is 23.4 Å². The molecule has 7 heteroatoms. The summed E-state index contributed by atoms with van der Waals surface area (Å²) >= 11 is 7.18. The van der Waals surface area contributed by atoms with Gasteiger partial charge in [0.15, 0.2) is 5.16 Å². The first-order valence-corrected chi connectivity index (χ1v) is 7.53. The number of nitrogens with zero attached hydrogens (tertiary/aromatic N) is 2. The number of halogens is 1. The van der Waals surface area contributed by atoms with E-state index in [0.29, 0.717) is 21.6 Å². The van der Waals surface area contributed by atoms with Gasteiger partial charge in [-0.15, -0.1) is 0 Å². The van der Waals surface area contributed by atoms with Gasteiger partial charge in [-0.3, -0.25) is 4.79 Å².